The summed E-state index contributed by atoms with van der Waals surface area (Å²) in [5.74, 6) is 1.42. The number of aromatic nitrogens is 5. The summed E-state index contributed by atoms with van der Waals surface area (Å²) in [7, 11) is 0. The standard InChI is InChI=1S/C18H13FN6O2S/c1-2-25-16(13-4-3-5-26-13)22-23-17(25)14(28)15-21-18(27-24-15)11-6-10(9-20)7-12(19)8-11/h3-8,14,28H,2H2,1H3. The Morgan fingerprint density at radius 2 is 2.18 bits per heavy atom. The fourth-order valence-electron chi connectivity index (χ4n) is 2.77. The van der Waals surface area contributed by atoms with Crippen LogP contribution in [0, 0.1) is 17.1 Å². The monoisotopic (exact) mass is 396 g/mol. The molecule has 8 nitrogen and oxygen atoms in total. The highest BCUT2D eigenvalue weighted by Gasteiger charge is 2.25. The molecule has 0 radical (unpaired) electrons. The molecule has 1 atom stereocenters. The van der Waals surface area contributed by atoms with Crippen molar-refractivity contribution >= 4 is 12.6 Å². The summed E-state index contributed by atoms with van der Waals surface area (Å²) in [5.41, 5.74) is 0.468. The number of hydrogen-bond acceptors (Lipinski definition) is 8. The fraction of sp³-hybridized carbons (Fsp3) is 0.167. The second kappa shape index (κ2) is 7.28. The highest BCUT2D eigenvalue weighted by Crippen LogP contribution is 2.30. The average molecular weight is 396 g/mol. The van der Waals surface area contributed by atoms with E-state index in [9.17, 15) is 4.39 Å². The smallest absolute Gasteiger partial charge is 0.258 e. The first-order chi connectivity index (χ1) is 13.6. The molecule has 0 bridgehead atoms. The van der Waals surface area contributed by atoms with Gasteiger partial charge in [-0.15, -0.1) is 10.2 Å². The van der Waals surface area contributed by atoms with Gasteiger partial charge in [0.2, 0.25) is 0 Å². The van der Waals surface area contributed by atoms with Gasteiger partial charge in [0.25, 0.3) is 5.89 Å². The van der Waals surface area contributed by atoms with E-state index >= 15 is 0 Å². The Hall–Kier alpha value is -3.45. The van der Waals surface area contributed by atoms with Gasteiger partial charge in [-0.3, -0.25) is 0 Å². The van der Waals surface area contributed by atoms with E-state index < -0.39 is 11.1 Å². The van der Waals surface area contributed by atoms with Crippen molar-refractivity contribution in [3.63, 3.8) is 0 Å². The molecule has 0 N–H and O–H groups in total. The van der Waals surface area contributed by atoms with Gasteiger partial charge >= 0.3 is 0 Å². The van der Waals surface area contributed by atoms with E-state index in [-0.39, 0.29) is 17.3 Å². The van der Waals surface area contributed by atoms with Gasteiger partial charge < -0.3 is 13.5 Å². The molecule has 0 saturated carbocycles. The normalized spacial score (nSPS) is 12.1. The maximum absolute atomic E-state index is 13.7. The molecule has 10 heteroatoms. The number of rotatable bonds is 5. The van der Waals surface area contributed by atoms with Crippen LogP contribution in [0.25, 0.3) is 23.0 Å². The molecule has 140 valence electrons. The first-order valence-electron chi connectivity index (χ1n) is 8.30. The van der Waals surface area contributed by atoms with Crippen molar-refractivity contribution in [3.8, 4) is 29.1 Å². The SMILES string of the molecule is CCn1c(-c2ccco2)nnc1C(S)c1noc(-c2cc(F)cc(C#N)c2)n1. The topological polar surface area (TPSA) is 107 Å². The molecule has 1 unspecified atom stereocenters. The summed E-state index contributed by atoms with van der Waals surface area (Å²) in [6.45, 7) is 2.52. The van der Waals surface area contributed by atoms with Gasteiger partial charge in [-0.25, -0.2) is 4.39 Å². The minimum Gasteiger partial charge on any atom is -0.461 e. The zero-order chi connectivity index (χ0) is 19.7. The Labute approximate surface area is 164 Å². The molecular weight excluding hydrogens is 383 g/mol. The number of hydrogen-bond donors (Lipinski definition) is 1. The summed E-state index contributed by atoms with van der Waals surface area (Å²) in [6, 6.07) is 9.26. The highest BCUT2D eigenvalue weighted by molar-refractivity contribution is 7.80. The van der Waals surface area contributed by atoms with E-state index in [0.717, 1.165) is 6.07 Å². The molecule has 28 heavy (non-hydrogen) atoms. The van der Waals surface area contributed by atoms with E-state index in [1.807, 2.05) is 17.6 Å². The Morgan fingerprint density at radius 3 is 2.89 bits per heavy atom. The first kappa shape index (κ1) is 17.9. The molecule has 0 aliphatic heterocycles. The molecule has 4 rings (SSSR count). The van der Waals surface area contributed by atoms with Crippen LogP contribution >= 0.6 is 12.6 Å². The van der Waals surface area contributed by atoms with Crippen LogP contribution in [0.3, 0.4) is 0 Å². The zero-order valence-electron chi connectivity index (χ0n) is 14.6. The van der Waals surface area contributed by atoms with Crippen LogP contribution in [-0.2, 0) is 6.54 Å². The number of thiol groups is 1. The fourth-order valence-corrected chi connectivity index (χ4v) is 3.07. The van der Waals surface area contributed by atoms with Gasteiger partial charge in [-0.1, -0.05) is 5.16 Å². The van der Waals surface area contributed by atoms with Crippen molar-refractivity contribution in [2.45, 2.75) is 18.7 Å². The van der Waals surface area contributed by atoms with E-state index in [1.165, 1.54) is 12.1 Å². The van der Waals surface area contributed by atoms with Crippen LogP contribution in [0.1, 0.15) is 29.4 Å². The van der Waals surface area contributed by atoms with Crippen LogP contribution in [0.4, 0.5) is 4.39 Å². The predicted octanol–water partition coefficient (Wildman–Crippen LogP) is 3.64. The Morgan fingerprint density at radius 1 is 1.32 bits per heavy atom. The van der Waals surface area contributed by atoms with Crippen LogP contribution in [0.5, 0.6) is 0 Å². The summed E-state index contributed by atoms with van der Waals surface area (Å²) in [6.07, 6.45) is 1.56. The lowest BCUT2D eigenvalue weighted by atomic mass is 10.1. The molecule has 0 spiro atoms. The molecular formula is C18H13FN6O2S. The van der Waals surface area contributed by atoms with Gasteiger partial charge in [0.05, 0.1) is 17.9 Å². The Bertz CT molecular complexity index is 1160. The summed E-state index contributed by atoms with van der Waals surface area (Å²) >= 11 is 4.56. The van der Waals surface area contributed by atoms with E-state index in [4.69, 9.17) is 14.2 Å². The van der Waals surface area contributed by atoms with Crippen molar-refractivity contribution in [1.29, 1.82) is 5.26 Å². The Balaban J connectivity index is 1.68. The van der Waals surface area contributed by atoms with Crippen molar-refractivity contribution in [3.05, 3.63) is 59.6 Å². The van der Waals surface area contributed by atoms with Crippen LogP contribution < -0.4 is 0 Å². The Kier molecular flexibility index (Phi) is 4.67. The number of furan rings is 1. The van der Waals surface area contributed by atoms with Crippen LogP contribution in [0.2, 0.25) is 0 Å². The zero-order valence-corrected chi connectivity index (χ0v) is 15.5. The average Bonchev–Trinajstić information content (AvgIpc) is 3.46. The lowest BCUT2D eigenvalue weighted by Crippen LogP contribution is -2.08. The third-order valence-corrected chi connectivity index (χ3v) is 4.50. The minimum absolute atomic E-state index is 0.0823. The van der Waals surface area contributed by atoms with E-state index in [1.54, 1.807) is 18.4 Å². The lowest BCUT2D eigenvalue weighted by Gasteiger charge is -2.09. The molecule has 0 amide bonds. The summed E-state index contributed by atoms with van der Waals surface area (Å²) in [4.78, 5) is 4.29. The van der Waals surface area contributed by atoms with Gasteiger partial charge in [0, 0.05) is 12.1 Å². The van der Waals surface area contributed by atoms with Crippen molar-refractivity contribution in [2.75, 3.05) is 0 Å². The summed E-state index contributed by atoms with van der Waals surface area (Å²) < 4.78 is 26.2. The van der Waals surface area contributed by atoms with Gasteiger partial charge in [-0.2, -0.15) is 22.9 Å². The number of nitrogens with zero attached hydrogens (tertiary/aromatic N) is 6. The predicted molar refractivity (Wildman–Crippen MR) is 98.6 cm³/mol. The second-order valence-electron chi connectivity index (χ2n) is 5.80. The van der Waals surface area contributed by atoms with Crippen molar-refractivity contribution < 1.29 is 13.3 Å². The minimum atomic E-state index is -0.627. The second-order valence-corrected chi connectivity index (χ2v) is 6.32. The molecule has 3 aromatic heterocycles. The van der Waals surface area contributed by atoms with Gasteiger partial charge in [0.1, 0.15) is 11.1 Å². The quantitative estimate of drug-likeness (QED) is 0.513. The molecule has 0 aliphatic carbocycles. The van der Waals surface area contributed by atoms with Crippen LogP contribution in [-0.4, -0.2) is 24.9 Å². The van der Waals surface area contributed by atoms with Crippen molar-refractivity contribution in [1.82, 2.24) is 24.9 Å². The summed E-state index contributed by atoms with van der Waals surface area (Å²) in [5, 5.41) is 20.7. The third kappa shape index (κ3) is 3.16. The van der Waals surface area contributed by atoms with Crippen LogP contribution in [0.15, 0.2) is 45.5 Å². The third-order valence-electron chi connectivity index (χ3n) is 4.04. The largest absolute Gasteiger partial charge is 0.461 e. The lowest BCUT2D eigenvalue weighted by molar-refractivity contribution is 0.422. The maximum Gasteiger partial charge on any atom is 0.258 e. The number of nitriles is 1. The van der Waals surface area contributed by atoms with Gasteiger partial charge in [-0.05, 0) is 37.3 Å². The molecule has 0 saturated heterocycles. The molecule has 0 aliphatic rings. The van der Waals surface area contributed by atoms with E-state index in [0.29, 0.717) is 29.5 Å². The highest BCUT2D eigenvalue weighted by atomic mass is 32.1. The first-order valence-corrected chi connectivity index (χ1v) is 8.82. The molecule has 3 heterocycles. The number of benzene rings is 1. The maximum atomic E-state index is 13.7. The van der Waals surface area contributed by atoms with E-state index in [2.05, 4.69) is 33.0 Å². The number of halogens is 1. The molecule has 1 aromatic carbocycles. The van der Waals surface area contributed by atoms with Crippen molar-refractivity contribution in [2.24, 2.45) is 0 Å². The van der Waals surface area contributed by atoms with Gasteiger partial charge in [0.15, 0.2) is 23.2 Å². The molecule has 4 aromatic rings. The molecule has 0 fully saturated rings.